The van der Waals surface area contributed by atoms with Crippen molar-refractivity contribution in [3.8, 4) is 0 Å². The number of benzene rings is 1. The average Bonchev–Trinajstić information content (AvgIpc) is 3.13. The SMILES string of the molecule is Cc1c(N)cccc1C(=O)NC1CC2CC1C1CCCC21. The molecule has 5 atom stereocenters. The fraction of sp³-hybridized carbons (Fsp3) is 0.611. The second kappa shape index (κ2) is 4.75. The van der Waals surface area contributed by atoms with Gasteiger partial charge in [0, 0.05) is 17.3 Å². The summed E-state index contributed by atoms with van der Waals surface area (Å²) in [5.74, 6) is 3.52. The summed E-state index contributed by atoms with van der Waals surface area (Å²) in [6, 6.07) is 5.99. The Bertz CT molecular complexity index is 583. The maximum Gasteiger partial charge on any atom is 0.251 e. The van der Waals surface area contributed by atoms with Gasteiger partial charge in [-0.25, -0.2) is 0 Å². The van der Waals surface area contributed by atoms with Gasteiger partial charge in [-0.3, -0.25) is 4.79 Å². The summed E-state index contributed by atoms with van der Waals surface area (Å²) in [6.45, 7) is 1.93. The van der Waals surface area contributed by atoms with Gasteiger partial charge in [0.1, 0.15) is 0 Å². The molecule has 3 saturated carbocycles. The van der Waals surface area contributed by atoms with E-state index in [-0.39, 0.29) is 5.91 Å². The van der Waals surface area contributed by atoms with Crippen LogP contribution in [0.2, 0.25) is 0 Å². The molecule has 0 saturated heterocycles. The van der Waals surface area contributed by atoms with Gasteiger partial charge in [0.05, 0.1) is 0 Å². The monoisotopic (exact) mass is 284 g/mol. The smallest absolute Gasteiger partial charge is 0.251 e. The number of anilines is 1. The van der Waals surface area contributed by atoms with Crippen molar-refractivity contribution in [2.45, 2.75) is 45.1 Å². The molecule has 0 radical (unpaired) electrons. The Morgan fingerprint density at radius 1 is 1.19 bits per heavy atom. The summed E-state index contributed by atoms with van der Waals surface area (Å²) < 4.78 is 0. The summed E-state index contributed by atoms with van der Waals surface area (Å²) in [7, 11) is 0. The van der Waals surface area contributed by atoms with Crippen LogP contribution in [0, 0.1) is 30.6 Å². The van der Waals surface area contributed by atoms with Gasteiger partial charge >= 0.3 is 0 Å². The molecule has 1 aromatic rings. The third-order valence-corrected chi connectivity index (χ3v) is 6.37. The average molecular weight is 284 g/mol. The Morgan fingerprint density at radius 2 is 2.00 bits per heavy atom. The normalized spacial score (nSPS) is 36.7. The van der Waals surface area contributed by atoms with E-state index in [1.165, 1.54) is 32.1 Å². The lowest BCUT2D eigenvalue weighted by Crippen LogP contribution is -2.42. The number of nitrogens with one attached hydrogen (secondary N) is 1. The highest BCUT2D eigenvalue weighted by atomic mass is 16.1. The molecule has 3 nitrogen and oxygen atoms in total. The number of nitrogen functional groups attached to an aromatic ring is 1. The van der Waals surface area contributed by atoms with Crippen LogP contribution in [0.1, 0.15) is 48.0 Å². The van der Waals surface area contributed by atoms with Gasteiger partial charge in [-0.15, -0.1) is 0 Å². The minimum Gasteiger partial charge on any atom is -0.398 e. The summed E-state index contributed by atoms with van der Waals surface area (Å²) in [5, 5.41) is 3.31. The molecule has 1 aromatic carbocycles. The number of hydrogen-bond donors (Lipinski definition) is 2. The fourth-order valence-electron chi connectivity index (χ4n) is 5.38. The minimum absolute atomic E-state index is 0.0619. The Hall–Kier alpha value is -1.51. The van der Waals surface area contributed by atoms with Crippen LogP contribution in [0.3, 0.4) is 0 Å². The van der Waals surface area contributed by atoms with Crippen molar-refractivity contribution in [3.63, 3.8) is 0 Å². The predicted molar refractivity (Wildman–Crippen MR) is 83.9 cm³/mol. The fourth-order valence-corrected chi connectivity index (χ4v) is 5.38. The van der Waals surface area contributed by atoms with Crippen LogP contribution in [0.15, 0.2) is 18.2 Å². The first-order valence-corrected chi connectivity index (χ1v) is 8.31. The molecule has 3 fully saturated rings. The molecule has 0 heterocycles. The van der Waals surface area contributed by atoms with Crippen LogP contribution in [-0.4, -0.2) is 11.9 Å². The molecule has 112 valence electrons. The van der Waals surface area contributed by atoms with Crippen LogP contribution in [0.5, 0.6) is 0 Å². The molecular weight excluding hydrogens is 260 g/mol. The lowest BCUT2D eigenvalue weighted by Gasteiger charge is -2.32. The van der Waals surface area contributed by atoms with E-state index < -0.39 is 0 Å². The van der Waals surface area contributed by atoms with Gasteiger partial charge in [-0.1, -0.05) is 12.5 Å². The number of carbonyl (C=O) groups is 1. The van der Waals surface area contributed by atoms with Crippen molar-refractivity contribution in [1.29, 1.82) is 0 Å². The molecule has 0 aliphatic heterocycles. The largest absolute Gasteiger partial charge is 0.398 e. The third-order valence-electron chi connectivity index (χ3n) is 6.37. The lowest BCUT2D eigenvalue weighted by atomic mass is 9.79. The number of rotatable bonds is 2. The first kappa shape index (κ1) is 13.2. The zero-order valence-corrected chi connectivity index (χ0v) is 12.6. The van der Waals surface area contributed by atoms with E-state index in [2.05, 4.69) is 5.32 Å². The van der Waals surface area contributed by atoms with Gasteiger partial charge in [0.15, 0.2) is 0 Å². The van der Waals surface area contributed by atoms with E-state index in [4.69, 9.17) is 5.73 Å². The molecule has 3 heteroatoms. The molecule has 2 bridgehead atoms. The van der Waals surface area contributed by atoms with E-state index >= 15 is 0 Å². The number of nitrogens with two attached hydrogens (primary N) is 1. The van der Waals surface area contributed by atoms with E-state index in [0.717, 1.165) is 34.8 Å². The van der Waals surface area contributed by atoms with E-state index in [1.807, 2.05) is 25.1 Å². The summed E-state index contributed by atoms with van der Waals surface area (Å²) >= 11 is 0. The van der Waals surface area contributed by atoms with Gasteiger partial charge in [-0.2, -0.15) is 0 Å². The Morgan fingerprint density at radius 3 is 2.86 bits per heavy atom. The number of fused-ring (bicyclic) bond motifs is 5. The topological polar surface area (TPSA) is 55.1 Å². The van der Waals surface area contributed by atoms with Gasteiger partial charge in [0.25, 0.3) is 5.91 Å². The summed E-state index contributed by atoms with van der Waals surface area (Å²) in [4.78, 5) is 12.6. The molecule has 4 rings (SSSR count). The molecule has 0 spiro atoms. The van der Waals surface area contributed by atoms with E-state index in [9.17, 15) is 4.79 Å². The molecule has 3 N–H and O–H groups in total. The molecule has 0 aromatic heterocycles. The highest BCUT2D eigenvalue weighted by Crippen LogP contribution is 2.58. The first-order chi connectivity index (χ1) is 10.1. The maximum absolute atomic E-state index is 12.6. The second-order valence-electron chi connectivity index (χ2n) is 7.25. The first-order valence-electron chi connectivity index (χ1n) is 8.31. The molecule has 21 heavy (non-hydrogen) atoms. The van der Waals surface area contributed by atoms with Crippen molar-refractivity contribution in [1.82, 2.24) is 5.32 Å². The number of amides is 1. The van der Waals surface area contributed by atoms with Crippen LogP contribution < -0.4 is 11.1 Å². The minimum atomic E-state index is 0.0619. The molecular formula is C18H24N2O. The van der Waals surface area contributed by atoms with Crippen molar-refractivity contribution in [2.24, 2.45) is 23.7 Å². The van der Waals surface area contributed by atoms with Crippen LogP contribution in [-0.2, 0) is 0 Å². The number of carbonyl (C=O) groups excluding carboxylic acids is 1. The van der Waals surface area contributed by atoms with E-state index in [0.29, 0.717) is 11.7 Å². The van der Waals surface area contributed by atoms with Crippen molar-refractivity contribution in [3.05, 3.63) is 29.3 Å². The third kappa shape index (κ3) is 1.97. The van der Waals surface area contributed by atoms with Crippen LogP contribution in [0.25, 0.3) is 0 Å². The predicted octanol–water partition coefficient (Wildman–Crippen LogP) is 3.13. The Balaban J connectivity index is 1.50. The summed E-state index contributed by atoms with van der Waals surface area (Å²) in [6.07, 6.45) is 6.75. The van der Waals surface area contributed by atoms with Crippen LogP contribution >= 0.6 is 0 Å². The second-order valence-corrected chi connectivity index (χ2v) is 7.25. The quantitative estimate of drug-likeness (QED) is 0.820. The van der Waals surface area contributed by atoms with Crippen molar-refractivity contribution >= 4 is 11.6 Å². The highest BCUT2D eigenvalue weighted by molar-refractivity contribution is 5.97. The molecule has 5 unspecified atom stereocenters. The standard InChI is InChI=1S/C18H24N2O/c1-10-12(4-3-7-16(10)19)18(21)20-17-9-11-8-15(17)14-6-2-5-13(11)14/h3-4,7,11,13-15,17H,2,5-6,8-9,19H2,1H3,(H,20,21). The summed E-state index contributed by atoms with van der Waals surface area (Å²) in [5.41, 5.74) is 8.25. The van der Waals surface area contributed by atoms with Gasteiger partial charge < -0.3 is 11.1 Å². The van der Waals surface area contributed by atoms with Crippen LogP contribution in [0.4, 0.5) is 5.69 Å². The Kier molecular flexibility index (Phi) is 2.98. The van der Waals surface area contributed by atoms with Crippen molar-refractivity contribution in [2.75, 3.05) is 5.73 Å². The maximum atomic E-state index is 12.6. The van der Waals surface area contributed by atoms with Crippen molar-refractivity contribution < 1.29 is 4.79 Å². The van der Waals surface area contributed by atoms with Gasteiger partial charge in [0.2, 0.25) is 0 Å². The van der Waals surface area contributed by atoms with E-state index in [1.54, 1.807) is 0 Å². The van der Waals surface area contributed by atoms with Gasteiger partial charge in [-0.05, 0) is 74.0 Å². The zero-order valence-electron chi connectivity index (χ0n) is 12.6. The molecule has 3 aliphatic rings. The number of hydrogen-bond acceptors (Lipinski definition) is 2. The lowest BCUT2D eigenvalue weighted by molar-refractivity contribution is 0.0900. The highest BCUT2D eigenvalue weighted by Gasteiger charge is 2.54. The Labute approximate surface area is 126 Å². The molecule has 1 amide bonds. The molecule has 3 aliphatic carbocycles. The zero-order chi connectivity index (χ0) is 14.6.